The van der Waals surface area contributed by atoms with Gasteiger partial charge in [-0.3, -0.25) is 0 Å². The van der Waals surface area contributed by atoms with Crippen LogP contribution < -0.4 is 4.74 Å². The molecule has 0 spiro atoms. The monoisotopic (exact) mass is 178 g/mol. The van der Waals surface area contributed by atoms with Crippen LogP contribution in [0.15, 0.2) is 24.3 Å². The lowest BCUT2D eigenvalue weighted by Gasteiger charge is -2.13. The van der Waals surface area contributed by atoms with Crippen LogP contribution >= 0.6 is 0 Å². The maximum absolute atomic E-state index is 10.1. The van der Waals surface area contributed by atoms with E-state index in [2.05, 4.69) is 0 Å². The molecule has 0 aromatic heterocycles. The SMILES string of the molecule is COc1ccccc1C1(O)CC1C. The molecular formula is C11H14O2. The van der Waals surface area contributed by atoms with Crippen molar-refractivity contribution in [2.24, 2.45) is 5.92 Å². The van der Waals surface area contributed by atoms with Crippen LogP contribution in [0.3, 0.4) is 0 Å². The molecule has 1 aliphatic carbocycles. The second-order valence-electron chi connectivity index (χ2n) is 3.73. The summed E-state index contributed by atoms with van der Waals surface area (Å²) in [6.45, 7) is 2.05. The van der Waals surface area contributed by atoms with E-state index in [-0.39, 0.29) is 0 Å². The maximum atomic E-state index is 10.1. The maximum Gasteiger partial charge on any atom is 0.124 e. The molecule has 0 heterocycles. The summed E-state index contributed by atoms with van der Waals surface area (Å²) < 4.78 is 5.20. The first-order chi connectivity index (χ1) is 6.18. The third kappa shape index (κ3) is 1.22. The van der Waals surface area contributed by atoms with Crippen molar-refractivity contribution in [3.8, 4) is 5.75 Å². The summed E-state index contributed by atoms with van der Waals surface area (Å²) in [4.78, 5) is 0. The van der Waals surface area contributed by atoms with E-state index in [1.165, 1.54) is 0 Å². The first-order valence-corrected chi connectivity index (χ1v) is 4.54. The molecule has 1 aromatic carbocycles. The molecule has 0 amide bonds. The average Bonchev–Trinajstić information content (AvgIpc) is 2.76. The molecule has 1 aliphatic rings. The average molecular weight is 178 g/mol. The van der Waals surface area contributed by atoms with Crippen LogP contribution in [0.2, 0.25) is 0 Å². The fraction of sp³-hybridized carbons (Fsp3) is 0.455. The lowest BCUT2D eigenvalue weighted by Crippen LogP contribution is -2.09. The van der Waals surface area contributed by atoms with Gasteiger partial charge in [0.1, 0.15) is 5.75 Å². The standard InChI is InChI=1S/C11H14O2/c1-8-7-11(8,12)9-5-3-4-6-10(9)13-2/h3-6,8,12H,7H2,1-2H3. The Bertz CT molecular complexity index is 322. The number of ether oxygens (including phenoxy) is 1. The van der Waals surface area contributed by atoms with Crippen LogP contribution in [0, 0.1) is 5.92 Å². The van der Waals surface area contributed by atoms with Gasteiger partial charge < -0.3 is 9.84 Å². The Hall–Kier alpha value is -1.02. The van der Waals surface area contributed by atoms with Gasteiger partial charge in [0.25, 0.3) is 0 Å². The van der Waals surface area contributed by atoms with Crippen molar-refractivity contribution in [1.82, 2.24) is 0 Å². The Morgan fingerprint density at radius 1 is 1.46 bits per heavy atom. The summed E-state index contributed by atoms with van der Waals surface area (Å²) in [5.74, 6) is 1.14. The minimum absolute atomic E-state index is 0.351. The minimum atomic E-state index is -0.632. The quantitative estimate of drug-likeness (QED) is 0.749. The summed E-state index contributed by atoms with van der Waals surface area (Å²) in [7, 11) is 1.63. The van der Waals surface area contributed by atoms with Crippen LogP contribution in [-0.2, 0) is 5.60 Å². The molecule has 0 bridgehead atoms. The second-order valence-corrected chi connectivity index (χ2v) is 3.73. The summed E-state index contributed by atoms with van der Waals surface area (Å²) in [5.41, 5.74) is 0.289. The van der Waals surface area contributed by atoms with Gasteiger partial charge in [-0.05, 0) is 18.4 Å². The van der Waals surface area contributed by atoms with Gasteiger partial charge >= 0.3 is 0 Å². The summed E-state index contributed by atoms with van der Waals surface area (Å²) >= 11 is 0. The highest BCUT2D eigenvalue weighted by Gasteiger charge is 2.52. The number of hydrogen-bond donors (Lipinski definition) is 1. The summed E-state index contributed by atoms with van der Waals surface area (Å²) in [5, 5.41) is 10.1. The van der Waals surface area contributed by atoms with Crippen LogP contribution in [-0.4, -0.2) is 12.2 Å². The molecule has 13 heavy (non-hydrogen) atoms. The van der Waals surface area contributed by atoms with E-state index in [1.54, 1.807) is 7.11 Å². The highest BCUT2D eigenvalue weighted by atomic mass is 16.5. The van der Waals surface area contributed by atoms with Gasteiger partial charge in [-0.2, -0.15) is 0 Å². The number of benzene rings is 1. The fourth-order valence-electron chi connectivity index (χ4n) is 1.79. The largest absolute Gasteiger partial charge is 0.496 e. The van der Waals surface area contributed by atoms with Crippen molar-refractivity contribution in [3.05, 3.63) is 29.8 Å². The van der Waals surface area contributed by atoms with Gasteiger partial charge in [-0.1, -0.05) is 25.1 Å². The highest BCUT2D eigenvalue weighted by Crippen LogP contribution is 2.53. The molecule has 70 valence electrons. The molecule has 1 aromatic rings. The Kier molecular flexibility index (Phi) is 1.81. The van der Waals surface area contributed by atoms with Crippen LogP contribution in [0.25, 0.3) is 0 Å². The number of aliphatic hydroxyl groups is 1. The van der Waals surface area contributed by atoms with Gasteiger partial charge in [0.05, 0.1) is 12.7 Å². The van der Waals surface area contributed by atoms with Gasteiger partial charge in [0, 0.05) is 5.56 Å². The molecule has 1 fully saturated rings. The zero-order valence-corrected chi connectivity index (χ0v) is 7.95. The zero-order chi connectivity index (χ0) is 9.47. The topological polar surface area (TPSA) is 29.5 Å². The summed E-state index contributed by atoms with van der Waals surface area (Å²) in [6, 6.07) is 7.67. The third-order valence-electron chi connectivity index (χ3n) is 2.85. The van der Waals surface area contributed by atoms with E-state index in [9.17, 15) is 5.11 Å². The third-order valence-corrected chi connectivity index (χ3v) is 2.85. The van der Waals surface area contributed by atoms with Gasteiger partial charge in [-0.15, -0.1) is 0 Å². The van der Waals surface area contributed by atoms with Crippen molar-refractivity contribution in [2.75, 3.05) is 7.11 Å². The normalized spacial score (nSPS) is 31.5. The van der Waals surface area contributed by atoms with Crippen molar-refractivity contribution < 1.29 is 9.84 Å². The van der Waals surface area contributed by atoms with E-state index >= 15 is 0 Å². The van der Waals surface area contributed by atoms with E-state index in [0.717, 1.165) is 17.7 Å². The first kappa shape index (κ1) is 8.57. The number of rotatable bonds is 2. The van der Waals surface area contributed by atoms with E-state index in [1.807, 2.05) is 31.2 Å². The predicted octanol–water partition coefficient (Wildman–Crippen LogP) is 1.92. The molecular weight excluding hydrogens is 164 g/mol. The Balaban J connectivity index is 2.40. The van der Waals surface area contributed by atoms with Crippen LogP contribution in [0.5, 0.6) is 5.75 Å². The molecule has 2 unspecified atom stereocenters. The van der Waals surface area contributed by atoms with Crippen molar-refractivity contribution in [2.45, 2.75) is 18.9 Å². The fourth-order valence-corrected chi connectivity index (χ4v) is 1.79. The van der Waals surface area contributed by atoms with Crippen molar-refractivity contribution in [1.29, 1.82) is 0 Å². The molecule has 0 aliphatic heterocycles. The van der Waals surface area contributed by atoms with E-state index in [4.69, 9.17) is 4.74 Å². The molecule has 1 N–H and O–H groups in total. The van der Waals surface area contributed by atoms with E-state index < -0.39 is 5.60 Å². The zero-order valence-electron chi connectivity index (χ0n) is 7.95. The molecule has 0 saturated heterocycles. The van der Waals surface area contributed by atoms with Crippen LogP contribution in [0.4, 0.5) is 0 Å². The lowest BCUT2D eigenvalue weighted by molar-refractivity contribution is 0.131. The molecule has 2 rings (SSSR count). The number of methoxy groups -OCH3 is 1. The Morgan fingerprint density at radius 3 is 2.62 bits per heavy atom. The Morgan fingerprint density at radius 2 is 2.08 bits per heavy atom. The molecule has 2 heteroatoms. The van der Waals surface area contributed by atoms with E-state index in [0.29, 0.717) is 5.92 Å². The first-order valence-electron chi connectivity index (χ1n) is 4.54. The molecule has 0 radical (unpaired) electrons. The lowest BCUT2D eigenvalue weighted by atomic mass is 10.0. The Labute approximate surface area is 78.2 Å². The molecule has 2 nitrogen and oxygen atoms in total. The van der Waals surface area contributed by atoms with Crippen LogP contribution in [0.1, 0.15) is 18.9 Å². The minimum Gasteiger partial charge on any atom is -0.496 e. The predicted molar refractivity (Wildman–Crippen MR) is 50.7 cm³/mol. The smallest absolute Gasteiger partial charge is 0.124 e. The van der Waals surface area contributed by atoms with Crippen molar-refractivity contribution >= 4 is 0 Å². The highest BCUT2D eigenvalue weighted by molar-refractivity contribution is 5.41. The molecule has 2 atom stereocenters. The number of hydrogen-bond acceptors (Lipinski definition) is 2. The van der Waals surface area contributed by atoms with Gasteiger partial charge in [0.2, 0.25) is 0 Å². The number of para-hydroxylation sites is 1. The van der Waals surface area contributed by atoms with Gasteiger partial charge in [0.15, 0.2) is 0 Å². The second kappa shape index (κ2) is 2.74. The summed E-state index contributed by atoms with van der Waals surface area (Å²) in [6.07, 6.45) is 0.841. The molecule has 1 saturated carbocycles. The van der Waals surface area contributed by atoms with Crippen molar-refractivity contribution in [3.63, 3.8) is 0 Å². The van der Waals surface area contributed by atoms with Gasteiger partial charge in [-0.25, -0.2) is 0 Å².